The summed E-state index contributed by atoms with van der Waals surface area (Å²) >= 11 is 5.12. The Labute approximate surface area is 87.1 Å². The molecule has 0 aromatic heterocycles. The number of hydrogen-bond donors (Lipinski definition) is 1. The smallest absolute Gasteiger partial charge is 0.116 e. The molecular weight excluding hydrogens is 194 g/mol. The molecule has 68 valence electrons. The van der Waals surface area contributed by atoms with Crippen molar-refractivity contribution in [3.8, 4) is 6.07 Å². The Bertz CT molecular complexity index is 482. The monoisotopic (exact) mass is 201 g/mol. The van der Waals surface area contributed by atoms with Crippen LogP contribution in [0.5, 0.6) is 0 Å². The summed E-state index contributed by atoms with van der Waals surface area (Å²) in [5.41, 5.74) is 2.10. The van der Waals surface area contributed by atoms with Crippen LogP contribution in [0.3, 0.4) is 0 Å². The molecule has 0 saturated heterocycles. The van der Waals surface area contributed by atoms with Crippen LogP contribution in [0.15, 0.2) is 35.6 Å². The zero-order chi connectivity index (χ0) is 10.1. The fourth-order valence-corrected chi connectivity index (χ4v) is 1.91. The van der Waals surface area contributed by atoms with Gasteiger partial charge < -0.3 is 5.11 Å². The van der Waals surface area contributed by atoms with E-state index < -0.39 is 0 Å². The van der Waals surface area contributed by atoms with E-state index in [-0.39, 0.29) is 11.3 Å². The second-order valence-electron chi connectivity index (χ2n) is 3.10. The molecule has 1 aliphatic rings. The summed E-state index contributed by atoms with van der Waals surface area (Å²) in [5.74, 6) is 0.0798. The van der Waals surface area contributed by atoms with Gasteiger partial charge in [0.25, 0.3) is 0 Å². The molecule has 2 nitrogen and oxygen atoms in total. The van der Waals surface area contributed by atoms with Crippen LogP contribution in [0, 0.1) is 11.3 Å². The number of nitrogens with zero attached hydrogens (tertiary/aromatic N) is 1. The molecular formula is C11H7NOS. The van der Waals surface area contributed by atoms with Crippen molar-refractivity contribution in [3.05, 3.63) is 46.7 Å². The van der Waals surface area contributed by atoms with E-state index in [0.29, 0.717) is 11.3 Å². The minimum absolute atomic E-state index is 0.0798. The number of aliphatic hydroxyl groups excluding tert-OH is 1. The summed E-state index contributed by atoms with van der Waals surface area (Å²) < 4.78 is 0. The van der Waals surface area contributed by atoms with Crippen LogP contribution in [0.4, 0.5) is 0 Å². The minimum Gasteiger partial charge on any atom is -0.511 e. The van der Waals surface area contributed by atoms with E-state index in [1.807, 2.05) is 30.3 Å². The first kappa shape index (κ1) is 8.92. The highest BCUT2D eigenvalue weighted by molar-refractivity contribution is 7.81. The molecule has 1 aromatic rings. The highest BCUT2D eigenvalue weighted by Gasteiger charge is 2.21. The Morgan fingerprint density at radius 2 is 2.07 bits per heavy atom. The van der Waals surface area contributed by atoms with Crippen molar-refractivity contribution in [3.63, 3.8) is 0 Å². The van der Waals surface area contributed by atoms with E-state index in [0.717, 1.165) is 11.1 Å². The van der Waals surface area contributed by atoms with Crippen molar-refractivity contribution >= 4 is 17.1 Å². The van der Waals surface area contributed by atoms with Gasteiger partial charge in [-0.3, -0.25) is 0 Å². The number of rotatable bonds is 0. The van der Waals surface area contributed by atoms with Crippen LogP contribution in [-0.4, -0.2) is 9.97 Å². The van der Waals surface area contributed by atoms with Gasteiger partial charge in [-0.05, 0) is 11.1 Å². The second-order valence-corrected chi connectivity index (χ2v) is 3.50. The Balaban J connectivity index is 2.61. The maximum absolute atomic E-state index is 9.56. The third kappa shape index (κ3) is 1.21. The normalized spacial score (nSPS) is 14.9. The molecule has 1 N–H and O–H groups in total. The molecule has 0 saturated carbocycles. The molecule has 3 heteroatoms. The van der Waals surface area contributed by atoms with Gasteiger partial charge in [0.05, 0.1) is 4.86 Å². The second kappa shape index (κ2) is 3.24. The lowest BCUT2D eigenvalue weighted by Gasteiger charge is -2.16. The fraction of sp³-hybridized carbons (Fsp3) is 0.0909. The van der Waals surface area contributed by atoms with Gasteiger partial charge in [0.1, 0.15) is 17.4 Å². The van der Waals surface area contributed by atoms with Crippen molar-refractivity contribution in [2.75, 3.05) is 0 Å². The summed E-state index contributed by atoms with van der Waals surface area (Å²) in [6.07, 6.45) is 0.402. The molecule has 0 heterocycles. The molecule has 14 heavy (non-hydrogen) atoms. The van der Waals surface area contributed by atoms with Crippen molar-refractivity contribution < 1.29 is 5.11 Å². The SMILES string of the molecule is N#CC1=C(O)Cc2ccccc2C1=S. The predicted molar refractivity (Wildman–Crippen MR) is 57.1 cm³/mol. The zero-order valence-corrected chi connectivity index (χ0v) is 8.14. The van der Waals surface area contributed by atoms with Crippen molar-refractivity contribution in [1.82, 2.24) is 0 Å². The first-order chi connectivity index (χ1) is 6.74. The van der Waals surface area contributed by atoms with Gasteiger partial charge in [0.15, 0.2) is 0 Å². The van der Waals surface area contributed by atoms with E-state index >= 15 is 0 Å². The number of nitriles is 1. The van der Waals surface area contributed by atoms with E-state index in [4.69, 9.17) is 17.5 Å². The number of thiocarbonyl (C=S) groups is 1. The molecule has 0 aliphatic heterocycles. The number of aliphatic hydroxyl groups is 1. The molecule has 2 rings (SSSR count). The third-order valence-corrected chi connectivity index (χ3v) is 2.67. The molecule has 0 atom stereocenters. The van der Waals surface area contributed by atoms with E-state index in [2.05, 4.69) is 0 Å². The summed E-state index contributed by atoms with van der Waals surface area (Å²) in [4.78, 5) is 0.451. The number of fused-ring (bicyclic) bond motifs is 1. The van der Waals surface area contributed by atoms with Gasteiger partial charge >= 0.3 is 0 Å². The van der Waals surface area contributed by atoms with Crippen molar-refractivity contribution in [1.29, 1.82) is 5.26 Å². The molecule has 1 aliphatic carbocycles. The van der Waals surface area contributed by atoms with Gasteiger partial charge in [-0.15, -0.1) is 0 Å². The van der Waals surface area contributed by atoms with E-state index in [1.54, 1.807) is 0 Å². The molecule has 0 amide bonds. The van der Waals surface area contributed by atoms with Crippen LogP contribution in [-0.2, 0) is 6.42 Å². The molecule has 0 fully saturated rings. The predicted octanol–water partition coefficient (Wildman–Crippen LogP) is 2.30. The lowest BCUT2D eigenvalue weighted by Crippen LogP contribution is -2.14. The van der Waals surface area contributed by atoms with Gasteiger partial charge in [-0.2, -0.15) is 5.26 Å². The van der Waals surface area contributed by atoms with Crippen molar-refractivity contribution in [2.45, 2.75) is 6.42 Å². The van der Waals surface area contributed by atoms with Crippen LogP contribution >= 0.6 is 12.2 Å². The standard InChI is InChI=1S/C11H7NOS/c12-6-9-10(13)5-7-3-1-2-4-8(7)11(9)14/h1-4,13H,5H2. The van der Waals surface area contributed by atoms with Crippen LogP contribution in [0.1, 0.15) is 11.1 Å². The third-order valence-electron chi connectivity index (χ3n) is 2.25. The largest absolute Gasteiger partial charge is 0.511 e. The number of allylic oxidation sites excluding steroid dienone is 2. The Hall–Kier alpha value is -1.66. The maximum Gasteiger partial charge on any atom is 0.116 e. The summed E-state index contributed by atoms with van der Waals surface area (Å²) in [6, 6.07) is 9.49. The molecule has 0 radical (unpaired) electrons. The molecule has 0 spiro atoms. The summed E-state index contributed by atoms with van der Waals surface area (Å²) in [7, 11) is 0. The lowest BCUT2D eigenvalue weighted by molar-refractivity contribution is 0.395. The van der Waals surface area contributed by atoms with Crippen LogP contribution < -0.4 is 0 Å². The highest BCUT2D eigenvalue weighted by Crippen LogP contribution is 2.24. The van der Waals surface area contributed by atoms with Crippen LogP contribution in [0.25, 0.3) is 0 Å². The molecule has 0 bridgehead atoms. The summed E-state index contributed by atoms with van der Waals surface area (Å²) in [5, 5.41) is 18.4. The van der Waals surface area contributed by atoms with Gasteiger partial charge in [0.2, 0.25) is 0 Å². The van der Waals surface area contributed by atoms with Gasteiger partial charge in [-0.1, -0.05) is 36.5 Å². The van der Waals surface area contributed by atoms with Gasteiger partial charge in [0, 0.05) is 6.42 Å². The average molecular weight is 201 g/mol. The van der Waals surface area contributed by atoms with Crippen molar-refractivity contribution in [2.24, 2.45) is 0 Å². The lowest BCUT2D eigenvalue weighted by atomic mass is 9.91. The average Bonchev–Trinajstić information content (AvgIpc) is 2.18. The minimum atomic E-state index is 0.0798. The first-order valence-corrected chi connectivity index (χ1v) is 4.59. The maximum atomic E-state index is 9.56. The highest BCUT2D eigenvalue weighted by atomic mass is 32.1. The Morgan fingerprint density at radius 3 is 2.79 bits per heavy atom. The topological polar surface area (TPSA) is 44.0 Å². The zero-order valence-electron chi connectivity index (χ0n) is 7.32. The molecule has 0 unspecified atom stereocenters. The first-order valence-electron chi connectivity index (χ1n) is 4.19. The molecule has 1 aromatic carbocycles. The Kier molecular flexibility index (Phi) is 2.06. The number of hydrogen-bond acceptors (Lipinski definition) is 3. The van der Waals surface area contributed by atoms with Gasteiger partial charge in [-0.25, -0.2) is 0 Å². The Morgan fingerprint density at radius 1 is 1.36 bits per heavy atom. The van der Waals surface area contributed by atoms with E-state index in [1.165, 1.54) is 0 Å². The summed E-state index contributed by atoms with van der Waals surface area (Å²) in [6.45, 7) is 0. The quantitative estimate of drug-likeness (QED) is 0.655. The number of benzene rings is 1. The van der Waals surface area contributed by atoms with E-state index in [9.17, 15) is 5.11 Å². The fourth-order valence-electron chi connectivity index (χ4n) is 1.55. The van der Waals surface area contributed by atoms with Crippen LogP contribution in [0.2, 0.25) is 0 Å².